The van der Waals surface area contributed by atoms with E-state index in [0.717, 1.165) is 11.1 Å². The van der Waals surface area contributed by atoms with Gasteiger partial charge in [-0.3, -0.25) is 4.79 Å². The van der Waals surface area contributed by atoms with Gasteiger partial charge in [0.25, 0.3) is 5.91 Å². The third-order valence-electron chi connectivity index (χ3n) is 4.00. The van der Waals surface area contributed by atoms with E-state index in [2.05, 4.69) is 10.5 Å². The van der Waals surface area contributed by atoms with Gasteiger partial charge in [0.05, 0.1) is 11.8 Å². The van der Waals surface area contributed by atoms with Crippen molar-refractivity contribution >= 4 is 29.7 Å². The average Bonchev–Trinajstić information content (AvgIpc) is 2.76. The van der Waals surface area contributed by atoms with E-state index in [1.54, 1.807) is 66.7 Å². The molecule has 0 aliphatic heterocycles. The Morgan fingerprint density at radius 2 is 1.70 bits per heavy atom. The fourth-order valence-corrected chi connectivity index (χ4v) is 2.55. The van der Waals surface area contributed by atoms with E-state index in [1.807, 2.05) is 13.0 Å². The van der Waals surface area contributed by atoms with Crippen LogP contribution in [-0.4, -0.2) is 24.7 Å². The summed E-state index contributed by atoms with van der Waals surface area (Å²) in [5, 5.41) is 4.53. The summed E-state index contributed by atoms with van der Waals surface area (Å²) < 4.78 is 10.7. The molecule has 0 aliphatic carbocycles. The maximum absolute atomic E-state index is 12.0. The van der Waals surface area contributed by atoms with Gasteiger partial charge in [0.2, 0.25) is 0 Å². The number of benzene rings is 3. The topological polar surface area (TPSA) is 77.0 Å². The number of nitrogens with zero attached hydrogens (tertiary/aromatic N) is 1. The molecule has 3 aromatic carbocycles. The largest absolute Gasteiger partial charge is 0.484 e. The molecule has 0 heterocycles. The van der Waals surface area contributed by atoms with Crippen LogP contribution in [0.3, 0.4) is 0 Å². The van der Waals surface area contributed by atoms with Gasteiger partial charge in [0.15, 0.2) is 6.61 Å². The molecule has 0 saturated heterocycles. The summed E-state index contributed by atoms with van der Waals surface area (Å²) in [5.41, 5.74) is 4.46. The summed E-state index contributed by atoms with van der Waals surface area (Å²) >= 11 is 5.95. The molecule has 1 amide bonds. The third kappa shape index (κ3) is 6.18. The minimum absolute atomic E-state index is 0.174. The Labute approximate surface area is 179 Å². The highest BCUT2D eigenvalue weighted by molar-refractivity contribution is 6.31. The van der Waals surface area contributed by atoms with Crippen LogP contribution in [0.15, 0.2) is 77.9 Å². The SMILES string of the molecule is Cc1cc(OCC(=O)NN=Cc2ccc(OC(=O)c3ccccc3)cc2)ccc1Cl. The summed E-state index contributed by atoms with van der Waals surface area (Å²) in [6.07, 6.45) is 1.48. The number of aryl methyl sites for hydroxylation is 1. The zero-order chi connectivity index (χ0) is 21.3. The van der Waals surface area contributed by atoms with Gasteiger partial charge >= 0.3 is 5.97 Å². The van der Waals surface area contributed by atoms with Gasteiger partial charge in [0, 0.05) is 5.02 Å². The lowest BCUT2D eigenvalue weighted by molar-refractivity contribution is -0.123. The highest BCUT2D eigenvalue weighted by atomic mass is 35.5. The second-order valence-corrected chi connectivity index (χ2v) is 6.72. The van der Waals surface area contributed by atoms with Gasteiger partial charge in [-0.1, -0.05) is 29.8 Å². The zero-order valence-electron chi connectivity index (χ0n) is 16.2. The molecule has 3 rings (SSSR count). The van der Waals surface area contributed by atoms with Gasteiger partial charge in [-0.05, 0) is 72.6 Å². The molecule has 0 aliphatic rings. The summed E-state index contributed by atoms with van der Waals surface area (Å²) in [6, 6.07) is 20.6. The molecule has 0 unspecified atom stereocenters. The first kappa shape index (κ1) is 21.1. The smallest absolute Gasteiger partial charge is 0.343 e. The number of esters is 1. The molecule has 0 aromatic heterocycles. The Balaban J connectivity index is 1.46. The van der Waals surface area contributed by atoms with Crippen molar-refractivity contribution in [2.45, 2.75) is 6.92 Å². The second kappa shape index (κ2) is 10.2. The maximum Gasteiger partial charge on any atom is 0.343 e. The first-order valence-electron chi connectivity index (χ1n) is 9.09. The fraction of sp³-hybridized carbons (Fsp3) is 0.0870. The number of hydrazone groups is 1. The molecule has 0 fully saturated rings. The predicted octanol–water partition coefficient (Wildman–Crippen LogP) is 4.40. The molecular weight excluding hydrogens is 404 g/mol. The minimum atomic E-state index is -0.430. The monoisotopic (exact) mass is 422 g/mol. The average molecular weight is 423 g/mol. The first-order valence-corrected chi connectivity index (χ1v) is 9.47. The molecule has 0 atom stereocenters. The van der Waals surface area contributed by atoms with Crippen LogP contribution in [-0.2, 0) is 4.79 Å². The van der Waals surface area contributed by atoms with Crippen LogP contribution in [0.5, 0.6) is 11.5 Å². The zero-order valence-corrected chi connectivity index (χ0v) is 16.9. The lowest BCUT2D eigenvalue weighted by Crippen LogP contribution is -2.24. The van der Waals surface area contributed by atoms with E-state index in [9.17, 15) is 9.59 Å². The summed E-state index contributed by atoms with van der Waals surface area (Å²) in [4.78, 5) is 23.9. The van der Waals surface area contributed by atoms with Gasteiger partial charge in [-0.2, -0.15) is 5.10 Å². The molecule has 1 N–H and O–H groups in total. The molecule has 30 heavy (non-hydrogen) atoms. The Morgan fingerprint density at radius 1 is 1.00 bits per heavy atom. The molecule has 0 spiro atoms. The van der Waals surface area contributed by atoms with Gasteiger partial charge in [0.1, 0.15) is 11.5 Å². The molecule has 6 nitrogen and oxygen atoms in total. The van der Waals surface area contributed by atoms with Crippen molar-refractivity contribution < 1.29 is 19.1 Å². The van der Waals surface area contributed by atoms with Crippen molar-refractivity contribution in [3.8, 4) is 11.5 Å². The Morgan fingerprint density at radius 3 is 2.40 bits per heavy atom. The Kier molecular flexibility index (Phi) is 7.19. The van der Waals surface area contributed by atoms with Crippen LogP contribution in [0, 0.1) is 6.92 Å². The third-order valence-corrected chi connectivity index (χ3v) is 4.43. The van der Waals surface area contributed by atoms with Crippen molar-refractivity contribution in [3.63, 3.8) is 0 Å². The van der Waals surface area contributed by atoms with Crippen LogP contribution >= 0.6 is 11.6 Å². The quantitative estimate of drug-likeness (QED) is 0.265. The number of amides is 1. The standard InChI is InChI=1S/C23H19ClN2O4/c1-16-13-20(11-12-21(16)24)29-15-22(27)26-25-14-17-7-9-19(10-8-17)30-23(28)18-5-3-2-4-6-18/h2-14H,15H2,1H3,(H,26,27). The summed E-state index contributed by atoms with van der Waals surface area (Å²) in [6.45, 7) is 1.68. The van der Waals surface area contributed by atoms with Crippen LogP contribution in [0.2, 0.25) is 5.02 Å². The Hall–Kier alpha value is -3.64. The maximum atomic E-state index is 12.0. The van der Waals surface area contributed by atoms with Gasteiger partial charge < -0.3 is 9.47 Å². The number of rotatable bonds is 7. The number of carbonyl (C=O) groups is 2. The van der Waals surface area contributed by atoms with Crippen LogP contribution in [0.4, 0.5) is 0 Å². The Bertz CT molecular complexity index is 1050. The summed E-state index contributed by atoms with van der Waals surface area (Å²) in [5.74, 6) is 0.140. The minimum Gasteiger partial charge on any atom is -0.484 e. The van der Waals surface area contributed by atoms with Crippen LogP contribution < -0.4 is 14.9 Å². The molecule has 3 aromatic rings. The molecule has 7 heteroatoms. The van der Waals surface area contributed by atoms with Crippen molar-refractivity contribution in [3.05, 3.63) is 94.5 Å². The number of halogens is 1. The number of hydrogen-bond acceptors (Lipinski definition) is 5. The van der Waals surface area contributed by atoms with Crippen molar-refractivity contribution in [1.29, 1.82) is 0 Å². The van der Waals surface area contributed by atoms with E-state index in [1.165, 1.54) is 6.21 Å². The van der Waals surface area contributed by atoms with Crippen LogP contribution in [0.1, 0.15) is 21.5 Å². The first-order chi connectivity index (χ1) is 14.5. The highest BCUT2D eigenvalue weighted by Gasteiger charge is 2.07. The highest BCUT2D eigenvalue weighted by Crippen LogP contribution is 2.20. The molecule has 152 valence electrons. The van der Waals surface area contributed by atoms with E-state index in [4.69, 9.17) is 21.1 Å². The van der Waals surface area contributed by atoms with Crippen molar-refractivity contribution in [1.82, 2.24) is 5.43 Å². The number of nitrogens with one attached hydrogen (secondary N) is 1. The molecular formula is C23H19ClN2O4. The van der Waals surface area contributed by atoms with E-state index >= 15 is 0 Å². The number of carbonyl (C=O) groups excluding carboxylic acids is 2. The number of ether oxygens (including phenoxy) is 2. The molecule has 0 saturated carbocycles. The van der Waals surface area contributed by atoms with E-state index in [0.29, 0.717) is 22.1 Å². The lowest BCUT2D eigenvalue weighted by atomic mass is 10.2. The van der Waals surface area contributed by atoms with E-state index in [-0.39, 0.29) is 6.61 Å². The van der Waals surface area contributed by atoms with Crippen molar-refractivity contribution in [2.75, 3.05) is 6.61 Å². The van der Waals surface area contributed by atoms with Crippen molar-refractivity contribution in [2.24, 2.45) is 5.10 Å². The van der Waals surface area contributed by atoms with Crippen LogP contribution in [0.25, 0.3) is 0 Å². The van der Waals surface area contributed by atoms with Gasteiger partial charge in [-0.15, -0.1) is 0 Å². The normalized spacial score (nSPS) is 10.6. The number of hydrogen-bond donors (Lipinski definition) is 1. The predicted molar refractivity (Wildman–Crippen MR) is 115 cm³/mol. The van der Waals surface area contributed by atoms with Gasteiger partial charge in [-0.25, -0.2) is 10.2 Å². The summed E-state index contributed by atoms with van der Waals surface area (Å²) in [7, 11) is 0. The second-order valence-electron chi connectivity index (χ2n) is 6.32. The lowest BCUT2D eigenvalue weighted by Gasteiger charge is -2.06. The molecule has 0 bridgehead atoms. The molecule has 0 radical (unpaired) electrons. The van der Waals surface area contributed by atoms with E-state index < -0.39 is 11.9 Å². The fourth-order valence-electron chi connectivity index (χ4n) is 2.43.